The molecule has 1 N–H and O–H groups in total. The molecule has 2 amide bonds. The van der Waals surface area contributed by atoms with E-state index in [0.29, 0.717) is 10.6 Å². The lowest BCUT2D eigenvalue weighted by molar-refractivity contribution is -0.191. The Morgan fingerprint density at radius 1 is 1.15 bits per heavy atom. The summed E-state index contributed by atoms with van der Waals surface area (Å²) in [6.07, 6.45) is -2.85. The van der Waals surface area contributed by atoms with Gasteiger partial charge in [-0.25, -0.2) is 4.79 Å². The monoisotopic (exact) mass is 546 g/mol. The van der Waals surface area contributed by atoms with Gasteiger partial charge in [0.05, 0.1) is 23.5 Å². The van der Waals surface area contributed by atoms with Gasteiger partial charge in [-0.2, -0.15) is 13.2 Å². The molecule has 212 valence electrons. The summed E-state index contributed by atoms with van der Waals surface area (Å²) in [4.78, 5) is 31.7. The number of pyridine rings is 1. The Balaban J connectivity index is 1.45. The SMILES string of the molecule is CN(C(=O)[C@H]1CCN(C(=O)OC(C)(C)C)C1)[C@@H](c1ccc(N[C@H]2Cc3ccccc3C2(C)C)cn1)C(F)(F)F. The van der Waals surface area contributed by atoms with Crippen LogP contribution < -0.4 is 5.32 Å². The summed E-state index contributed by atoms with van der Waals surface area (Å²) in [5.74, 6) is -1.43. The molecule has 0 bridgehead atoms. The van der Waals surface area contributed by atoms with Gasteiger partial charge in [-0.05, 0) is 56.9 Å². The number of likely N-dealkylation sites (tertiary alicyclic amines) is 1. The Bertz CT molecular complexity index is 1210. The maximum atomic E-state index is 14.2. The zero-order chi connectivity index (χ0) is 28.8. The van der Waals surface area contributed by atoms with Crippen molar-refractivity contribution < 1.29 is 27.5 Å². The lowest BCUT2D eigenvalue weighted by Crippen LogP contribution is -2.44. The number of nitrogens with one attached hydrogen (secondary N) is 1. The summed E-state index contributed by atoms with van der Waals surface area (Å²) < 4.78 is 48.1. The Kier molecular flexibility index (Phi) is 7.62. The second-order valence-electron chi connectivity index (χ2n) is 12.1. The van der Waals surface area contributed by atoms with E-state index in [1.54, 1.807) is 26.8 Å². The molecule has 0 saturated carbocycles. The van der Waals surface area contributed by atoms with E-state index < -0.39 is 35.7 Å². The van der Waals surface area contributed by atoms with Crippen molar-refractivity contribution in [3.8, 4) is 0 Å². The van der Waals surface area contributed by atoms with E-state index in [9.17, 15) is 22.8 Å². The molecule has 1 saturated heterocycles. The van der Waals surface area contributed by atoms with Crippen LogP contribution in [0.4, 0.5) is 23.7 Å². The number of carbonyl (C=O) groups is 2. The van der Waals surface area contributed by atoms with E-state index >= 15 is 0 Å². The molecule has 0 unspecified atom stereocenters. The number of fused-ring (bicyclic) bond motifs is 1. The lowest BCUT2D eigenvalue weighted by Gasteiger charge is -2.32. The van der Waals surface area contributed by atoms with Gasteiger partial charge in [0.15, 0.2) is 6.04 Å². The minimum absolute atomic E-state index is 0.0124. The fourth-order valence-corrected chi connectivity index (χ4v) is 5.53. The zero-order valence-electron chi connectivity index (χ0n) is 23.3. The summed E-state index contributed by atoms with van der Waals surface area (Å²) in [7, 11) is 1.14. The minimum Gasteiger partial charge on any atom is -0.444 e. The van der Waals surface area contributed by atoms with Crippen LogP contribution in [0.2, 0.25) is 0 Å². The molecule has 3 atom stereocenters. The number of nitrogens with zero attached hydrogens (tertiary/aromatic N) is 3. The van der Waals surface area contributed by atoms with Gasteiger partial charge in [-0.1, -0.05) is 38.1 Å². The fourth-order valence-electron chi connectivity index (χ4n) is 5.53. The number of anilines is 1. The summed E-state index contributed by atoms with van der Waals surface area (Å²) in [6.45, 7) is 9.73. The van der Waals surface area contributed by atoms with Crippen molar-refractivity contribution in [2.45, 2.75) is 76.7 Å². The van der Waals surface area contributed by atoms with Gasteiger partial charge in [0.2, 0.25) is 5.91 Å². The number of carbonyl (C=O) groups excluding carboxylic acids is 2. The molecule has 1 aliphatic heterocycles. The molecular weight excluding hydrogens is 509 g/mol. The van der Waals surface area contributed by atoms with Crippen molar-refractivity contribution in [1.82, 2.24) is 14.8 Å². The summed E-state index contributed by atoms with van der Waals surface area (Å²) in [5, 5.41) is 3.44. The minimum atomic E-state index is -4.73. The maximum absolute atomic E-state index is 14.2. The molecule has 4 rings (SSSR count). The fraction of sp³-hybridized carbons (Fsp3) is 0.552. The molecule has 10 heteroatoms. The predicted molar refractivity (Wildman–Crippen MR) is 142 cm³/mol. The number of amides is 2. The Hall–Kier alpha value is -3.30. The van der Waals surface area contributed by atoms with Crippen LogP contribution in [0.5, 0.6) is 0 Å². The lowest BCUT2D eigenvalue weighted by atomic mass is 9.83. The normalized spacial score (nSPS) is 21.3. The highest BCUT2D eigenvalue weighted by atomic mass is 19.4. The second kappa shape index (κ2) is 10.4. The first-order valence-electron chi connectivity index (χ1n) is 13.2. The van der Waals surface area contributed by atoms with Gasteiger partial charge in [0.1, 0.15) is 5.60 Å². The number of rotatable bonds is 5. The summed E-state index contributed by atoms with van der Waals surface area (Å²) in [6, 6.07) is 8.97. The third-order valence-corrected chi connectivity index (χ3v) is 7.65. The van der Waals surface area contributed by atoms with Crippen LogP contribution in [0.1, 0.15) is 63.9 Å². The largest absolute Gasteiger partial charge is 0.444 e. The molecule has 39 heavy (non-hydrogen) atoms. The van der Waals surface area contributed by atoms with Crippen molar-refractivity contribution in [2.75, 3.05) is 25.5 Å². The van der Waals surface area contributed by atoms with Crippen LogP contribution in [-0.2, 0) is 21.4 Å². The molecule has 2 heterocycles. The van der Waals surface area contributed by atoms with E-state index in [2.05, 4.69) is 36.3 Å². The maximum Gasteiger partial charge on any atom is 0.414 e. The number of benzene rings is 1. The van der Waals surface area contributed by atoms with Crippen molar-refractivity contribution in [2.24, 2.45) is 5.92 Å². The predicted octanol–water partition coefficient (Wildman–Crippen LogP) is 5.71. The average molecular weight is 547 g/mol. The van der Waals surface area contributed by atoms with Crippen LogP contribution in [0.15, 0.2) is 42.6 Å². The molecular formula is C29H37F3N4O3. The molecule has 2 aromatic rings. The summed E-state index contributed by atoms with van der Waals surface area (Å²) >= 11 is 0. The Morgan fingerprint density at radius 2 is 1.85 bits per heavy atom. The number of hydrogen-bond donors (Lipinski definition) is 1. The molecule has 0 spiro atoms. The number of halogens is 3. The quantitative estimate of drug-likeness (QED) is 0.520. The standard InChI is InChI=1S/C29H37F3N4O3/c1-27(2,3)39-26(38)36-14-13-19(17-36)25(37)35(6)24(29(30,31)32)22-12-11-20(16-33-22)34-23-15-18-9-7-8-10-21(18)28(23,4)5/h7-12,16,19,23-24,34H,13-15,17H2,1-6H3/t19-,23-,24-/m0/s1. The van der Waals surface area contributed by atoms with E-state index in [1.807, 2.05) is 12.1 Å². The summed E-state index contributed by atoms with van der Waals surface area (Å²) in [5.41, 5.74) is 1.98. The third-order valence-electron chi connectivity index (χ3n) is 7.65. The van der Waals surface area contributed by atoms with Gasteiger partial charge in [-0.15, -0.1) is 0 Å². The Labute approximate surface area is 227 Å². The van der Waals surface area contributed by atoms with Crippen molar-refractivity contribution in [3.05, 3.63) is 59.4 Å². The Morgan fingerprint density at radius 3 is 2.44 bits per heavy atom. The molecule has 0 radical (unpaired) electrons. The van der Waals surface area contributed by atoms with E-state index in [0.717, 1.165) is 13.5 Å². The van der Waals surface area contributed by atoms with Gasteiger partial charge in [0.25, 0.3) is 0 Å². The van der Waals surface area contributed by atoms with E-state index in [1.165, 1.54) is 28.3 Å². The number of hydrogen-bond acceptors (Lipinski definition) is 5. The first kappa shape index (κ1) is 28.7. The molecule has 1 aromatic heterocycles. The van der Waals surface area contributed by atoms with Crippen LogP contribution in [-0.4, -0.2) is 64.7 Å². The number of ether oxygens (including phenoxy) is 1. The first-order chi connectivity index (χ1) is 18.1. The van der Waals surface area contributed by atoms with Crippen molar-refractivity contribution in [3.63, 3.8) is 0 Å². The highest BCUT2D eigenvalue weighted by molar-refractivity contribution is 5.81. The van der Waals surface area contributed by atoms with Crippen molar-refractivity contribution >= 4 is 17.7 Å². The topological polar surface area (TPSA) is 74.8 Å². The van der Waals surface area contributed by atoms with Crippen molar-refractivity contribution in [1.29, 1.82) is 0 Å². The average Bonchev–Trinajstić information content (AvgIpc) is 3.42. The highest BCUT2D eigenvalue weighted by Crippen LogP contribution is 2.41. The van der Waals surface area contributed by atoms with Gasteiger partial charge < -0.3 is 19.9 Å². The van der Waals surface area contributed by atoms with Crippen LogP contribution in [0, 0.1) is 5.92 Å². The zero-order valence-corrected chi connectivity index (χ0v) is 23.3. The second-order valence-corrected chi connectivity index (χ2v) is 12.1. The van der Waals surface area contributed by atoms with Gasteiger partial charge >= 0.3 is 12.3 Å². The third kappa shape index (κ3) is 6.15. The van der Waals surface area contributed by atoms with E-state index in [-0.39, 0.29) is 36.7 Å². The van der Waals surface area contributed by atoms with Crippen LogP contribution >= 0.6 is 0 Å². The molecule has 1 aromatic carbocycles. The van der Waals surface area contributed by atoms with Crippen LogP contribution in [0.3, 0.4) is 0 Å². The van der Waals surface area contributed by atoms with Crippen LogP contribution in [0.25, 0.3) is 0 Å². The van der Waals surface area contributed by atoms with Gasteiger partial charge in [0, 0.05) is 31.6 Å². The molecule has 1 fully saturated rings. The number of alkyl halides is 3. The number of aromatic nitrogens is 1. The molecule has 1 aliphatic carbocycles. The van der Waals surface area contributed by atoms with Gasteiger partial charge in [-0.3, -0.25) is 9.78 Å². The van der Waals surface area contributed by atoms with E-state index in [4.69, 9.17) is 4.74 Å². The smallest absolute Gasteiger partial charge is 0.414 e. The highest BCUT2D eigenvalue weighted by Gasteiger charge is 2.48. The molecule has 2 aliphatic rings. The molecule has 7 nitrogen and oxygen atoms in total. The first-order valence-corrected chi connectivity index (χ1v) is 13.2.